The van der Waals surface area contributed by atoms with Gasteiger partial charge in [-0.2, -0.15) is 0 Å². The molecule has 0 amide bonds. The Morgan fingerprint density at radius 1 is 1.14 bits per heavy atom. The monoisotopic (exact) mass is 450 g/mol. The molecule has 0 aliphatic carbocycles. The van der Waals surface area contributed by atoms with E-state index in [0.29, 0.717) is 30.6 Å². The number of rotatable bonds is 11. The van der Waals surface area contributed by atoms with Gasteiger partial charge in [0.1, 0.15) is 6.61 Å². The fourth-order valence-electron chi connectivity index (χ4n) is 2.58. The number of non-ortho nitro benzene ring substituents is 1. The smallest absolute Gasteiger partial charge is 0.269 e. The van der Waals surface area contributed by atoms with E-state index in [-0.39, 0.29) is 5.69 Å². The lowest BCUT2D eigenvalue weighted by atomic mass is 10.1. The maximum atomic E-state index is 10.8. The number of hydrogen-bond acceptors (Lipinski definition) is 5. The lowest BCUT2D eigenvalue weighted by molar-refractivity contribution is -0.384. The summed E-state index contributed by atoms with van der Waals surface area (Å²) in [6.45, 7) is 8.90. The van der Waals surface area contributed by atoms with Gasteiger partial charge in [0.05, 0.1) is 11.5 Å². The van der Waals surface area contributed by atoms with Crippen molar-refractivity contribution in [1.82, 2.24) is 5.32 Å². The minimum atomic E-state index is -0.414. The zero-order valence-electron chi connectivity index (χ0n) is 16.5. The highest BCUT2D eigenvalue weighted by Crippen LogP contribution is 2.34. The standard InChI is InChI=1S/C21H27BrN2O4/c1-4-27-20-11-17(13-23-10-9-15(2)3)19(22)12-21(20)28-14-16-5-7-18(8-6-16)24(25)26/h5-8,11-12,15,23H,4,9-10,13-14H2,1-3H3. The Morgan fingerprint density at radius 2 is 1.82 bits per heavy atom. The van der Waals surface area contributed by atoms with E-state index in [1.807, 2.05) is 19.1 Å². The Labute approximate surface area is 174 Å². The summed E-state index contributed by atoms with van der Waals surface area (Å²) in [4.78, 5) is 10.3. The number of hydrogen-bond donors (Lipinski definition) is 1. The maximum absolute atomic E-state index is 10.8. The van der Waals surface area contributed by atoms with Crippen LogP contribution in [0.1, 0.15) is 38.3 Å². The van der Waals surface area contributed by atoms with Crippen LogP contribution in [0, 0.1) is 16.0 Å². The van der Waals surface area contributed by atoms with Crippen LogP contribution >= 0.6 is 15.9 Å². The molecule has 0 aliphatic rings. The van der Waals surface area contributed by atoms with Gasteiger partial charge in [0, 0.05) is 23.2 Å². The van der Waals surface area contributed by atoms with Crippen LogP contribution < -0.4 is 14.8 Å². The molecule has 0 aliphatic heterocycles. The molecule has 0 bridgehead atoms. The second-order valence-electron chi connectivity index (χ2n) is 6.89. The third kappa shape index (κ3) is 6.80. The van der Waals surface area contributed by atoms with Crippen molar-refractivity contribution in [2.24, 2.45) is 5.92 Å². The van der Waals surface area contributed by atoms with Crippen molar-refractivity contribution < 1.29 is 14.4 Å². The summed E-state index contributed by atoms with van der Waals surface area (Å²) in [5, 5.41) is 14.2. The highest BCUT2D eigenvalue weighted by Gasteiger charge is 2.12. The quantitative estimate of drug-likeness (QED) is 0.279. The van der Waals surface area contributed by atoms with E-state index in [1.54, 1.807) is 12.1 Å². The van der Waals surface area contributed by atoms with Gasteiger partial charge in [-0.15, -0.1) is 0 Å². The molecule has 6 nitrogen and oxygen atoms in total. The van der Waals surface area contributed by atoms with Gasteiger partial charge in [0.2, 0.25) is 0 Å². The topological polar surface area (TPSA) is 73.6 Å². The number of benzene rings is 2. The average molecular weight is 451 g/mol. The summed E-state index contributed by atoms with van der Waals surface area (Å²) in [5.74, 6) is 2.00. The van der Waals surface area contributed by atoms with Gasteiger partial charge in [0.15, 0.2) is 11.5 Å². The summed E-state index contributed by atoms with van der Waals surface area (Å²) in [5.41, 5.74) is 2.02. The minimum absolute atomic E-state index is 0.0656. The van der Waals surface area contributed by atoms with Crippen molar-refractivity contribution in [3.8, 4) is 11.5 Å². The molecule has 0 fully saturated rings. The molecular formula is C21H27BrN2O4. The first kappa shape index (κ1) is 22.2. The number of nitrogens with zero attached hydrogens (tertiary/aromatic N) is 1. The third-order valence-corrected chi connectivity index (χ3v) is 4.91. The summed E-state index contributed by atoms with van der Waals surface area (Å²) >= 11 is 3.61. The highest BCUT2D eigenvalue weighted by atomic mass is 79.9. The van der Waals surface area contributed by atoms with Crippen molar-refractivity contribution >= 4 is 21.6 Å². The van der Waals surface area contributed by atoms with Gasteiger partial charge in [-0.3, -0.25) is 10.1 Å². The zero-order valence-corrected chi connectivity index (χ0v) is 18.1. The van der Waals surface area contributed by atoms with Crippen molar-refractivity contribution in [2.45, 2.75) is 40.3 Å². The highest BCUT2D eigenvalue weighted by molar-refractivity contribution is 9.10. The molecule has 0 aromatic heterocycles. The lowest BCUT2D eigenvalue weighted by Gasteiger charge is -2.16. The molecule has 0 atom stereocenters. The molecule has 152 valence electrons. The predicted molar refractivity (Wildman–Crippen MR) is 114 cm³/mol. The van der Waals surface area contributed by atoms with Crippen molar-refractivity contribution in [3.05, 3.63) is 62.1 Å². The first-order valence-corrected chi connectivity index (χ1v) is 10.2. The maximum Gasteiger partial charge on any atom is 0.269 e. The number of ether oxygens (including phenoxy) is 2. The molecule has 0 unspecified atom stereocenters. The van der Waals surface area contributed by atoms with Gasteiger partial charge in [0.25, 0.3) is 5.69 Å². The van der Waals surface area contributed by atoms with E-state index < -0.39 is 4.92 Å². The zero-order chi connectivity index (χ0) is 20.5. The molecule has 0 radical (unpaired) electrons. The molecule has 2 aromatic carbocycles. The molecule has 0 heterocycles. The van der Waals surface area contributed by atoms with Crippen LogP contribution in [0.15, 0.2) is 40.9 Å². The molecule has 0 saturated heterocycles. The van der Waals surface area contributed by atoms with Crippen LogP contribution in [0.3, 0.4) is 0 Å². The third-order valence-electron chi connectivity index (χ3n) is 4.17. The van der Waals surface area contributed by atoms with Crippen LogP contribution in [0.25, 0.3) is 0 Å². The fourth-order valence-corrected chi connectivity index (χ4v) is 3.05. The van der Waals surface area contributed by atoms with Gasteiger partial charge in [-0.1, -0.05) is 29.8 Å². The van der Waals surface area contributed by atoms with E-state index in [4.69, 9.17) is 9.47 Å². The van der Waals surface area contributed by atoms with E-state index >= 15 is 0 Å². The van der Waals surface area contributed by atoms with Crippen molar-refractivity contribution in [2.75, 3.05) is 13.2 Å². The van der Waals surface area contributed by atoms with E-state index in [1.165, 1.54) is 12.1 Å². The molecule has 2 rings (SSSR count). The van der Waals surface area contributed by atoms with Crippen LogP contribution in [0.2, 0.25) is 0 Å². The molecular weight excluding hydrogens is 424 g/mol. The first-order valence-electron chi connectivity index (χ1n) is 9.42. The van der Waals surface area contributed by atoms with E-state index in [0.717, 1.165) is 35.1 Å². The Kier molecular flexibility index (Phi) is 8.73. The fraction of sp³-hybridized carbons (Fsp3) is 0.429. The van der Waals surface area contributed by atoms with Crippen LogP contribution in [0.4, 0.5) is 5.69 Å². The second kappa shape index (κ2) is 11.0. The van der Waals surface area contributed by atoms with Crippen molar-refractivity contribution in [1.29, 1.82) is 0 Å². The molecule has 0 spiro atoms. The number of nitrogens with one attached hydrogen (secondary N) is 1. The largest absolute Gasteiger partial charge is 0.490 e. The average Bonchev–Trinajstić information content (AvgIpc) is 2.66. The Bertz CT molecular complexity index is 779. The normalized spacial score (nSPS) is 10.9. The van der Waals surface area contributed by atoms with Crippen LogP contribution in [-0.2, 0) is 13.2 Å². The predicted octanol–water partition coefficient (Wildman–Crippen LogP) is 5.47. The van der Waals surface area contributed by atoms with Gasteiger partial charge in [-0.25, -0.2) is 0 Å². The number of halogens is 1. The SMILES string of the molecule is CCOc1cc(CNCCC(C)C)c(Br)cc1OCc1ccc([N+](=O)[O-])cc1. The minimum Gasteiger partial charge on any atom is -0.490 e. The molecule has 28 heavy (non-hydrogen) atoms. The summed E-state index contributed by atoms with van der Waals surface area (Å²) < 4.78 is 12.6. The summed E-state index contributed by atoms with van der Waals surface area (Å²) in [7, 11) is 0. The Morgan fingerprint density at radius 3 is 2.43 bits per heavy atom. The van der Waals surface area contributed by atoms with E-state index in [9.17, 15) is 10.1 Å². The van der Waals surface area contributed by atoms with Crippen LogP contribution in [0.5, 0.6) is 11.5 Å². The van der Waals surface area contributed by atoms with Crippen molar-refractivity contribution in [3.63, 3.8) is 0 Å². The van der Waals surface area contributed by atoms with Gasteiger partial charge >= 0.3 is 0 Å². The lowest BCUT2D eigenvalue weighted by Crippen LogP contribution is -2.16. The molecule has 7 heteroatoms. The molecule has 0 saturated carbocycles. The van der Waals surface area contributed by atoms with E-state index in [2.05, 4.69) is 35.1 Å². The van der Waals surface area contributed by atoms with Gasteiger partial charge < -0.3 is 14.8 Å². The number of nitro benzene ring substituents is 1. The van der Waals surface area contributed by atoms with Crippen LogP contribution in [-0.4, -0.2) is 18.1 Å². The summed E-state index contributed by atoms with van der Waals surface area (Å²) in [6, 6.07) is 10.2. The second-order valence-corrected chi connectivity index (χ2v) is 7.75. The summed E-state index contributed by atoms with van der Waals surface area (Å²) in [6.07, 6.45) is 1.13. The Hall–Kier alpha value is -2.12. The Balaban J connectivity index is 2.05. The first-order chi connectivity index (χ1) is 13.4. The molecule has 2 aromatic rings. The molecule has 1 N–H and O–H groups in total. The number of nitro groups is 1. The van der Waals surface area contributed by atoms with Gasteiger partial charge in [-0.05, 0) is 61.2 Å².